The number of halogens is 1. The van der Waals surface area contributed by atoms with Crippen molar-refractivity contribution in [2.45, 2.75) is 44.7 Å². The summed E-state index contributed by atoms with van der Waals surface area (Å²) in [6, 6.07) is 27.3. The predicted octanol–water partition coefficient (Wildman–Crippen LogP) is 5.41. The van der Waals surface area contributed by atoms with Gasteiger partial charge in [0.15, 0.2) is 0 Å². The van der Waals surface area contributed by atoms with Crippen molar-refractivity contribution in [3.63, 3.8) is 0 Å². The molecule has 0 aliphatic heterocycles. The van der Waals surface area contributed by atoms with Crippen LogP contribution < -0.4 is 9.62 Å². The van der Waals surface area contributed by atoms with Crippen LogP contribution in [0, 0.1) is 19.7 Å². The summed E-state index contributed by atoms with van der Waals surface area (Å²) in [6.45, 7) is 5.31. The highest BCUT2D eigenvalue weighted by atomic mass is 32.2. The Labute approximate surface area is 253 Å². The lowest BCUT2D eigenvalue weighted by Gasteiger charge is -2.34. The average Bonchev–Trinajstić information content (AvgIpc) is 3.00. The van der Waals surface area contributed by atoms with E-state index in [1.54, 1.807) is 55.5 Å². The van der Waals surface area contributed by atoms with Crippen LogP contribution in [0.4, 0.5) is 10.1 Å². The number of sulfonamides is 1. The molecule has 0 bridgehead atoms. The van der Waals surface area contributed by atoms with Gasteiger partial charge < -0.3 is 10.2 Å². The van der Waals surface area contributed by atoms with Crippen molar-refractivity contribution in [3.05, 3.63) is 131 Å². The van der Waals surface area contributed by atoms with Gasteiger partial charge in [-0.3, -0.25) is 13.9 Å². The van der Waals surface area contributed by atoms with E-state index in [2.05, 4.69) is 5.32 Å². The third kappa shape index (κ3) is 8.08. The monoisotopic (exact) mass is 601 g/mol. The quantitative estimate of drug-likeness (QED) is 0.235. The van der Waals surface area contributed by atoms with E-state index in [-0.39, 0.29) is 23.8 Å². The molecule has 4 rings (SSSR count). The van der Waals surface area contributed by atoms with Crippen LogP contribution in [0.2, 0.25) is 0 Å². The zero-order chi connectivity index (χ0) is 31.0. The molecule has 0 saturated carbocycles. The molecule has 7 nitrogen and oxygen atoms in total. The number of anilines is 1. The van der Waals surface area contributed by atoms with E-state index in [9.17, 15) is 22.4 Å². The minimum atomic E-state index is -4.17. The number of carbonyl (C=O) groups excluding carboxylic acids is 2. The zero-order valence-electron chi connectivity index (χ0n) is 24.5. The molecule has 9 heteroatoms. The van der Waals surface area contributed by atoms with Crippen LogP contribution in [0.15, 0.2) is 108 Å². The number of nitrogens with zero attached hydrogens (tertiary/aromatic N) is 2. The molecule has 43 heavy (non-hydrogen) atoms. The van der Waals surface area contributed by atoms with Gasteiger partial charge in [-0.1, -0.05) is 77.9 Å². The summed E-state index contributed by atoms with van der Waals surface area (Å²) in [5, 5.41) is 2.82. The maximum Gasteiger partial charge on any atom is 0.264 e. The SMILES string of the molecule is CCNC(=O)[C@@H](Cc1ccccc1)N(Cc1ccc(F)cc1)C(=O)CN(c1ccc(C)cc1)S(=O)(=O)c1ccc(C)cc1. The Bertz CT molecular complexity index is 1630. The fourth-order valence-corrected chi connectivity index (χ4v) is 6.12. The highest BCUT2D eigenvalue weighted by Crippen LogP contribution is 2.26. The molecule has 224 valence electrons. The third-order valence-electron chi connectivity index (χ3n) is 7.10. The van der Waals surface area contributed by atoms with Gasteiger partial charge in [0.1, 0.15) is 18.4 Å². The number of amides is 2. The van der Waals surface area contributed by atoms with Gasteiger partial charge in [-0.2, -0.15) is 0 Å². The van der Waals surface area contributed by atoms with Gasteiger partial charge in [0.2, 0.25) is 11.8 Å². The average molecular weight is 602 g/mol. The fourth-order valence-electron chi connectivity index (χ4n) is 4.71. The van der Waals surface area contributed by atoms with Gasteiger partial charge in [0, 0.05) is 19.5 Å². The van der Waals surface area contributed by atoms with Crippen molar-refractivity contribution < 1.29 is 22.4 Å². The first-order valence-electron chi connectivity index (χ1n) is 14.1. The standard InChI is InChI=1S/C34H36FN3O4S/c1-4-36-34(40)32(22-27-8-6-5-7-9-27)37(23-28-14-16-29(35)17-15-28)33(39)24-38(30-18-10-25(2)11-19-30)43(41,42)31-20-12-26(3)13-21-31/h5-21,32H,4,22-24H2,1-3H3,(H,36,40)/t32-/m1/s1. The maximum atomic E-state index is 14.3. The van der Waals surface area contributed by atoms with E-state index in [4.69, 9.17) is 0 Å². The summed E-state index contributed by atoms with van der Waals surface area (Å²) >= 11 is 0. The van der Waals surface area contributed by atoms with Crippen LogP contribution in [0.25, 0.3) is 0 Å². The fraction of sp³-hybridized carbons (Fsp3) is 0.235. The minimum absolute atomic E-state index is 0.0277. The van der Waals surface area contributed by atoms with E-state index in [1.807, 2.05) is 44.2 Å². The molecule has 4 aromatic rings. The molecule has 0 fully saturated rings. The molecular weight excluding hydrogens is 565 g/mol. The minimum Gasteiger partial charge on any atom is -0.355 e. The molecule has 1 atom stereocenters. The molecule has 0 aliphatic carbocycles. The number of aryl methyl sites for hydroxylation is 2. The van der Waals surface area contributed by atoms with Crippen LogP contribution in [-0.2, 0) is 32.6 Å². The van der Waals surface area contributed by atoms with Gasteiger partial charge in [0.25, 0.3) is 10.0 Å². The van der Waals surface area contributed by atoms with Gasteiger partial charge in [-0.25, -0.2) is 12.8 Å². The molecule has 0 radical (unpaired) electrons. The molecule has 4 aromatic carbocycles. The zero-order valence-corrected chi connectivity index (χ0v) is 25.4. The second-order valence-corrected chi connectivity index (χ2v) is 12.3. The van der Waals surface area contributed by atoms with Crippen LogP contribution in [0.5, 0.6) is 0 Å². The summed E-state index contributed by atoms with van der Waals surface area (Å²) in [4.78, 5) is 29.2. The number of likely N-dealkylation sites (N-methyl/N-ethyl adjacent to an activating group) is 1. The predicted molar refractivity (Wildman–Crippen MR) is 166 cm³/mol. The molecule has 0 aromatic heterocycles. The first-order valence-corrected chi connectivity index (χ1v) is 15.5. The number of benzene rings is 4. The van der Waals surface area contributed by atoms with Crippen molar-refractivity contribution in [2.24, 2.45) is 0 Å². The second-order valence-electron chi connectivity index (χ2n) is 10.4. The van der Waals surface area contributed by atoms with Crippen LogP contribution in [-0.4, -0.2) is 44.3 Å². The highest BCUT2D eigenvalue weighted by Gasteiger charge is 2.34. The Morgan fingerprint density at radius 3 is 1.95 bits per heavy atom. The topological polar surface area (TPSA) is 86.8 Å². The Balaban J connectivity index is 1.78. The van der Waals surface area contributed by atoms with Gasteiger partial charge >= 0.3 is 0 Å². The van der Waals surface area contributed by atoms with E-state index in [0.717, 1.165) is 21.0 Å². The summed E-state index contributed by atoms with van der Waals surface area (Å²) in [5.74, 6) is -1.38. The molecule has 1 N–H and O–H groups in total. The van der Waals surface area contributed by atoms with E-state index < -0.39 is 34.3 Å². The largest absolute Gasteiger partial charge is 0.355 e. The maximum absolute atomic E-state index is 14.3. The Morgan fingerprint density at radius 2 is 1.37 bits per heavy atom. The molecule has 0 unspecified atom stereocenters. The smallest absolute Gasteiger partial charge is 0.264 e. The Kier molecular flexibility index (Phi) is 10.3. The lowest BCUT2D eigenvalue weighted by Crippen LogP contribution is -2.53. The van der Waals surface area contributed by atoms with Crippen molar-refractivity contribution >= 4 is 27.5 Å². The summed E-state index contributed by atoms with van der Waals surface area (Å²) < 4.78 is 42.9. The van der Waals surface area contributed by atoms with Crippen molar-refractivity contribution in [1.29, 1.82) is 0 Å². The first-order chi connectivity index (χ1) is 20.6. The van der Waals surface area contributed by atoms with Crippen LogP contribution >= 0.6 is 0 Å². The third-order valence-corrected chi connectivity index (χ3v) is 8.89. The van der Waals surface area contributed by atoms with Gasteiger partial charge in [-0.15, -0.1) is 0 Å². The number of rotatable bonds is 12. The van der Waals surface area contributed by atoms with Crippen molar-refractivity contribution in [3.8, 4) is 0 Å². The molecule has 0 saturated heterocycles. The number of hydrogen-bond acceptors (Lipinski definition) is 4. The molecule has 0 heterocycles. The molecule has 2 amide bonds. The summed E-state index contributed by atoms with van der Waals surface area (Å²) in [6.07, 6.45) is 0.203. The lowest BCUT2D eigenvalue weighted by molar-refractivity contribution is -0.140. The highest BCUT2D eigenvalue weighted by molar-refractivity contribution is 7.92. The van der Waals surface area contributed by atoms with Crippen LogP contribution in [0.3, 0.4) is 0 Å². The lowest BCUT2D eigenvalue weighted by atomic mass is 10.0. The number of hydrogen-bond donors (Lipinski definition) is 1. The second kappa shape index (κ2) is 14.1. The normalized spacial score (nSPS) is 11.9. The molecule has 0 aliphatic rings. The summed E-state index contributed by atoms with van der Waals surface area (Å²) in [7, 11) is -4.17. The summed E-state index contributed by atoms with van der Waals surface area (Å²) in [5.41, 5.74) is 3.57. The van der Waals surface area contributed by atoms with E-state index >= 15 is 0 Å². The van der Waals surface area contributed by atoms with Crippen molar-refractivity contribution in [1.82, 2.24) is 10.2 Å². The number of carbonyl (C=O) groups is 2. The molecular formula is C34H36FN3O4S. The molecule has 0 spiro atoms. The van der Waals surface area contributed by atoms with Crippen molar-refractivity contribution in [2.75, 3.05) is 17.4 Å². The van der Waals surface area contributed by atoms with E-state index in [1.165, 1.54) is 29.2 Å². The Hall–Kier alpha value is -4.50. The Morgan fingerprint density at radius 1 is 0.791 bits per heavy atom. The van der Waals surface area contributed by atoms with Crippen LogP contribution in [0.1, 0.15) is 29.2 Å². The van der Waals surface area contributed by atoms with Gasteiger partial charge in [-0.05, 0) is 68.3 Å². The van der Waals surface area contributed by atoms with Gasteiger partial charge in [0.05, 0.1) is 10.6 Å². The first kappa shape index (κ1) is 31.4. The number of nitrogens with one attached hydrogen (secondary N) is 1. The van der Waals surface area contributed by atoms with E-state index in [0.29, 0.717) is 17.8 Å².